The average molecular weight is 379 g/mol. The van der Waals surface area contributed by atoms with Crippen LogP contribution in [0.1, 0.15) is 116 Å². The molecule has 0 aliphatic heterocycles. The lowest BCUT2D eigenvalue weighted by atomic mass is 9.99. The van der Waals surface area contributed by atoms with Gasteiger partial charge in [-0.3, -0.25) is 0 Å². The van der Waals surface area contributed by atoms with E-state index in [2.05, 4.69) is 92.7 Å². The molecule has 0 aromatic rings. The van der Waals surface area contributed by atoms with Gasteiger partial charge in [0.15, 0.2) is 0 Å². The lowest BCUT2D eigenvalue weighted by molar-refractivity contribution is 0.698. The molecule has 0 aromatic heterocycles. The zero-order valence-corrected chi connectivity index (χ0v) is 21.4. The first-order valence-electron chi connectivity index (χ1n) is 11.5. The predicted molar refractivity (Wildman–Crippen MR) is 133 cm³/mol. The molecule has 0 fully saturated rings. The van der Waals surface area contributed by atoms with Crippen LogP contribution in [0.2, 0.25) is 0 Å². The lowest BCUT2D eigenvalue weighted by Crippen LogP contribution is -1.91. The van der Waals surface area contributed by atoms with E-state index in [1.807, 2.05) is 27.7 Å². The second kappa shape index (κ2) is 27.2. The highest BCUT2D eigenvalue weighted by molar-refractivity contribution is 5.23. The third kappa shape index (κ3) is 27.3. The summed E-state index contributed by atoms with van der Waals surface area (Å²) >= 11 is 0. The maximum atomic E-state index is 2.32. The third-order valence-corrected chi connectivity index (χ3v) is 3.81. The van der Waals surface area contributed by atoms with Gasteiger partial charge in [0.2, 0.25) is 0 Å². The molecule has 0 heteroatoms. The molecular weight excluding hydrogens is 324 g/mol. The molecule has 0 aliphatic rings. The summed E-state index contributed by atoms with van der Waals surface area (Å²) in [7, 11) is 0. The largest absolute Gasteiger partial charge is 0.0815 e. The molecule has 0 heterocycles. The molecule has 0 spiro atoms. The summed E-state index contributed by atoms with van der Waals surface area (Å²) in [5.74, 6) is 1.33. The van der Waals surface area contributed by atoms with Crippen LogP contribution in [0.5, 0.6) is 0 Å². The smallest absolute Gasteiger partial charge is 0.0133 e. The van der Waals surface area contributed by atoms with Crippen LogP contribution < -0.4 is 0 Å². The summed E-state index contributed by atoms with van der Waals surface area (Å²) in [6, 6.07) is 0. The molecule has 0 amide bonds. The maximum Gasteiger partial charge on any atom is -0.0133 e. The van der Waals surface area contributed by atoms with Crippen molar-refractivity contribution in [3.05, 3.63) is 47.1 Å². The summed E-state index contributed by atoms with van der Waals surface area (Å²) in [5.41, 5.74) is 4.32. The SMILES string of the molecule is CC.CC.CC/C(=C\C=C(/C)C/C=C(C)\C=C/C(C)CC)C(C)C.CCC. The van der Waals surface area contributed by atoms with Crippen molar-refractivity contribution in [2.24, 2.45) is 11.8 Å². The van der Waals surface area contributed by atoms with Crippen LogP contribution in [-0.4, -0.2) is 0 Å². The molecule has 0 radical (unpaired) electrons. The minimum atomic E-state index is 0.653. The lowest BCUT2D eigenvalue weighted by Gasteiger charge is -2.07. The van der Waals surface area contributed by atoms with Gasteiger partial charge < -0.3 is 0 Å². The second-order valence-electron chi connectivity index (χ2n) is 6.87. The highest BCUT2D eigenvalue weighted by Crippen LogP contribution is 2.15. The zero-order chi connectivity index (χ0) is 22.3. The molecule has 0 N–H and O–H groups in total. The molecule has 1 unspecified atom stereocenters. The van der Waals surface area contributed by atoms with Gasteiger partial charge in [-0.1, -0.05) is 136 Å². The quantitative estimate of drug-likeness (QED) is 0.368. The molecule has 0 aliphatic carbocycles. The van der Waals surface area contributed by atoms with Crippen LogP contribution in [0.25, 0.3) is 0 Å². The molecule has 27 heavy (non-hydrogen) atoms. The molecule has 0 rings (SSSR count). The van der Waals surface area contributed by atoms with Crippen molar-refractivity contribution in [1.82, 2.24) is 0 Å². The van der Waals surface area contributed by atoms with Crippen molar-refractivity contribution < 1.29 is 0 Å². The van der Waals surface area contributed by atoms with E-state index in [4.69, 9.17) is 0 Å². The Kier molecular flexibility index (Phi) is 33.8. The minimum Gasteiger partial charge on any atom is -0.0815 e. The van der Waals surface area contributed by atoms with Gasteiger partial charge in [0.05, 0.1) is 0 Å². The number of hydrogen-bond donors (Lipinski definition) is 0. The highest BCUT2D eigenvalue weighted by Gasteiger charge is 1.98. The molecule has 1 atom stereocenters. The fourth-order valence-electron chi connectivity index (χ4n) is 1.88. The van der Waals surface area contributed by atoms with Gasteiger partial charge in [-0.15, -0.1) is 0 Å². The van der Waals surface area contributed by atoms with Crippen LogP contribution >= 0.6 is 0 Å². The summed E-state index contributed by atoms with van der Waals surface area (Å²) in [6.45, 7) is 27.9. The van der Waals surface area contributed by atoms with Gasteiger partial charge in [0.1, 0.15) is 0 Å². The van der Waals surface area contributed by atoms with Gasteiger partial charge in [0.25, 0.3) is 0 Å². The van der Waals surface area contributed by atoms with Crippen molar-refractivity contribution >= 4 is 0 Å². The Hall–Kier alpha value is -1.04. The Balaban J connectivity index is -0.000000331. The number of rotatable bonds is 8. The normalized spacial score (nSPS) is 13.2. The van der Waals surface area contributed by atoms with Crippen LogP contribution in [0.4, 0.5) is 0 Å². The van der Waals surface area contributed by atoms with E-state index in [0.717, 1.165) is 12.8 Å². The monoisotopic (exact) mass is 378 g/mol. The van der Waals surface area contributed by atoms with E-state index in [0.29, 0.717) is 11.8 Å². The van der Waals surface area contributed by atoms with Crippen molar-refractivity contribution in [2.45, 2.75) is 116 Å². The molecule has 0 bridgehead atoms. The summed E-state index contributed by atoms with van der Waals surface area (Å²) in [4.78, 5) is 0. The average Bonchev–Trinajstić information content (AvgIpc) is 2.68. The first kappa shape index (κ1) is 33.5. The third-order valence-electron chi connectivity index (χ3n) is 3.81. The summed E-state index contributed by atoms with van der Waals surface area (Å²) in [5, 5.41) is 0. The Morgan fingerprint density at radius 1 is 0.815 bits per heavy atom. The van der Waals surface area contributed by atoms with Crippen molar-refractivity contribution in [1.29, 1.82) is 0 Å². The highest BCUT2D eigenvalue weighted by atomic mass is 14.0. The predicted octanol–water partition coefficient (Wildman–Crippen LogP) is 10.3. The Labute approximate surface area is 174 Å². The first-order chi connectivity index (χ1) is 12.8. The number of hydrogen-bond acceptors (Lipinski definition) is 0. The van der Waals surface area contributed by atoms with Gasteiger partial charge in [-0.05, 0) is 38.5 Å². The van der Waals surface area contributed by atoms with Gasteiger partial charge in [-0.2, -0.15) is 0 Å². The second-order valence-corrected chi connectivity index (χ2v) is 6.87. The zero-order valence-electron chi connectivity index (χ0n) is 21.4. The molecular formula is C27H54. The van der Waals surface area contributed by atoms with E-state index in [1.165, 1.54) is 29.6 Å². The molecule has 0 saturated heterocycles. The standard InChI is InChI=1S/C20H34.C3H8.2C2H6/c1-8-17(5)10-11-18(6)12-13-19(7)14-15-20(9-2)16(3)4;1-3-2;2*1-2/h10-12,14-17H,8-9,13H2,1-7H3;3H2,1-2H3;2*1-2H3/b11-10-,18-12-,19-14+,20-15+;;;. The maximum absolute atomic E-state index is 2.32. The molecule has 162 valence electrons. The summed E-state index contributed by atoms with van der Waals surface area (Å²) in [6.07, 6.45) is 16.1. The Morgan fingerprint density at radius 3 is 1.67 bits per heavy atom. The Morgan fingerprint density at radius 2 is 1.30 bits per heavy atom. The van der Waals surface area contributed by atoms with E-state index < -0.39 is 0 Å². The van der Waals surface area contributed by atoms with Crippen LogP contribution in [-0.2, 0) is 0 Å². The first-order valence-corrected chi connectivity index (χ1v) is 11.5. The minimum absolute atomic E-state index is 0.653. The fourth-order valence-corrected chi connectivity index (χ4v) is 1.88. The molecule has 0 aromatic carbocycles. The van der Waals surface area contributed by atoms with Crippen LogP contribution in [0.15, 0.2) is 47.1 Å². The van der Waals surface area contributed by atoms with E-state index in [-0.39, 0.29) is 0 Å². The topological polar surface area (TPSA) is 0 Å². The molecule has 0 saturated carbocycles. The van der Waals surface area contributed by atoms with Crippen LogP contribution in [0, 0.1) is 11.8 Å². The van der Waals surface area contributed by atoms with E-state index >= 15 is 0 Å². The van der Waals surface area contributed by atoms with Gasteiger partial charge in [-0.25, -0.2) is 0 Å². The van der Waals surface area contributed by atoms with Crippen molar-refractivity contribution in [3.8, 4) is 0 Å². The van der Waals surface area contributed by atoms with Gasteiger partial charge >= 0.3 is 0 Å². The Bertz CT molecular complexity index is 388. The van der Waals surface area contributed by atoms with Crippen LogP contribution in [0.3, 0.4) is 0 Å². The van der Waals surface area contributed by atoms with Gasteiger partial charge in [0, 0.05) is 0 Å². The van der Waals surface area contributed by atoms with Crippen molar-refractivity contribution in [3.63, 3.8) is 0 Å². The van der Waals surface area contributed by atoms with Crippen molar-refractivity contribution in [2.75, 3.05) is 0 Å². The summed E-state index contributed by atoms with van der Waals surface area (Å²) < 4.78 is 0. The number of allylic oxidation sites excluding steroid dienone is 8. The fraction of sp³-hybridized carbons (Fsp3) is 0.704. The molecule has 0 nitrogen and oxygen atoms in total. The van der Waals surface area contributed by atoms with E-state index in [1.54, 1.807) is 0 Å². The van der Waals surface area contributed by atoms with E-state index in [9.17, 15) is 0 Å².